The van der Waals surface area contributed by atoms with Gasteiger partial charge >= 0.3 is 0 Å². The number of benzene rings is 1. The van der Waals surface area contributed by atoms with Crippen LogP contribution < -0.4 is 5.56 Å². The van der Waals surface area contributed by atoms with E-state index in [0.717, 1.165) is 52.3 Å². The fourth-order valence-corrected chi connectivity index (χ4v) is 4.95. The van der Waals surface area contributed by atoms with Crippen molar-refractivity contribution in [3.63, 3.8) is 0 Å². The first-order valence-electron chi connectivity index (χ1n) is 9.97. The first-order valence-corrected chi connectivity index (χ1v) is 10.9. The summed E-state index contributed by atoms with van der Waals surface area (Å²) < 4.78 is 1.94. The van der Waals surface area contributed by atoms with Gasteiger partial charge in [-0.2, -0.15) is 0 Å². The second-order valence-corrected chi connectivity index (χ2v) is 8.14. The number of nitrogens with zero attached hydrogens (tertiary/aromatic N) is 3. The monoisotopic (exact) mass is 399 g/mol. The van der Waals surface area contributed by atoms with Gasteiger partial charge in [-0.25, -0.2) is 4.98 Å². The SMILES string of the molecule is CCc1csc(-c2cc(-c3ccccc3)c3n(c2=O)CCCc2ccncc2-3)n1. The van der Waals surface area contributed by atoms with Gasteiger partial charge in [-0.1, -0.05) is 37.3 Å². The van der Waals surface area contributed by atoms with E-state index in [0.29, 0.717) is 12.1 Å². The summed E-state index contributed by atoms with van der Waals surface area (Å²) in [5.74, 6) is 0. The van der Waals surface area contributed by atoms with E-state index in [1.807, 2.05) is 46.6 Å². The Morgan fingerprint density at radius 2 is 1.97 bits per heavy atom. The van der Waals surface area contributed by atoms with Crippen LogP contribution in [0.5, 0.6) is 0 Å². The number of hydrogen-bond donors (Lipinski definition) is 0. The van der Waals surface area contributed by atoms with E-state index >= 15 is 0 Å². The standard InChI is InChI=1S/C24H21N3OS/c1-2-18-15-29-23(26-18)20-13-19(16-7-4-3-5-8-16)22-21-14-25-11-10-17(21)9-6-12-27(22)24(20)28/h3-5,7-8,10-11,13-15H,2,6,9,12H2,1H3. The number of thiazole rings is 1. The predicted octanol–water partition coefficient (Wildman–Crippen LogP) is 5.21. The molecule has 4 nitrogen and oxygen atoms in total. The van der Waals surface area contributed by atoms with E-state index in [9.17, 15) is 4.79 Å². The number of rotatable bonds is 3. The minimum Gasteiger partial charge on any atom is -0.307 e. The molecule has 4 aromatic rings. The second-order valence-electron chi connectivity index (χ2n) is 7.28. The van der Waals surface area contributed by atoms with E-state index in [1.165, 1.54) is 5.56 Å². The highest BCUT2D eigenvalue weighted by Gasteiger charge is 2.23. The lowest BCUT2D eigenvalue weighted by atomic mass is 9.95. The second kappa shape index (κ2) is 7.41. The van der Waals surface area contributed by atoms with E-state index < -0.39 is 0 Å². The van der Waals surface area contributed by atoms with Gasteiger partial charge < -0.3 is 4.57 Å². The van der Waals surface area contributed by atoms with Crippen molar-refractivity contribution in [3.8, 4) is 33.0 Å². The smallest absolute Gasteiger partial charge is 0.261 e. The van der Waals surface area contributed by atoms with Crippen molar-refractivity contribution < 1.29 is 0 Å². The molecule has 1 aliphatic heterocycles. The molecular weight excluding hydrogens is 378 g/mol. The Balaban J connectivity index is 1.86. The molecule has 29 heavy (non-hydrogen) atoms. The van der Waals surface area contributed by atoms with Gasteiger partial charge in [-0.15, -0.1) is 11.3 Å². The zero-order chi connectivity index (χ0) is 19.8. The average molecular weight is 400 g/mol. The first-order chi connectivity index (χ1) is 14.3. The summed E-state index contributed by atoms with van der Waals surface area (Å²) in [5.41, 5.74) is 7.18. The summed E-state index contributed by atoms with van der Waals surface area (Å²) in [4.78, 5) is 22.6. The Labute approximate surface area is 173 Å². The molecule has 0 atom stereocenters. The molecule has 0 radical (unpaired) electrons. The fourth-order valence-electron chi connectivity index (χ4n) is 4.04. The number of pyridine rings is 2. The summed E-state index contributed by atoms with van der Waals surface area (Å²) in [6, 6.07) is 14.4. The molecule has 5 rings (SSSR count). The molecule has 1 aromatic carbocycles. The number of aromatic nitrogens is 3. The molecule has 3 aromatic heterocycles. The van der Waals surface area contributed by atoms with E-state index in [-0.39, 0.29) is 5.56 Å². The van der Waals surface area contributed by atoms with Gasteiger partial charge in [-0.05, 0) is 42.5 Å². The molecule has 0 amide bonds. The number of aryl methyl sites for hydroxylation is 2. The van der Waals surface area contributed by atoms with Gasteiger partial charge in [0.15, 0.2) is 0 Å². The summed E-state index contributed by atoms with van der Waals surface area (Å²) in [6.07, 6.45) is 6.48. The molecule has 0 saturated heterocycles. The van der Waals surface area contributed by atoms with Crippen LogP contribution in [0.25, 0.3) is 33.0 Å². The minimum atomic E-state index is 0.0355. The van der Waals surface area contributed by atoms with Gasteiger partial charge in [0.1, 0.15) is 5.01 Å². The lowest BCUT2D eigenvalue weighted by Crippen LogP contribution is -2.23. The van der Waals surface area contributed by atoms with Crippen molar-refractivity contribution in [2.75, 3.05) is 0 Å². The van der Waals surface area contributed by atoms with Crippen molar-refractivity contribution in [1.29, 1.82) is 0 Å². The zero-order valence-electron chi connectivity index (χ0n) is 16.3. The van der Waals surface area contributed by atoms with Gasteiger partial charge in [-0.3, -0.25) is 9.78 Å². The van der Waals surface area contributed by atoms with E-state index in [4.69, 9.17) is 4.98 Å². The third kappa shape index (κ3) is 3.12. The normalized spacial score (nSPS) is 12.9. The van der Waals surface area contributed by atoms with Crippen LogP contribution in [0.4, 0.5) is 0 Å². The lowest BCUT2D eigenvalue weighted by molar-refractivity contribution is 0.642. The topological polar surface area (TPSA) is 47.8 Å². The van der Waals surface area contributed by atoms with Crippen molar-refractivity contribution >= 4 is 11.3 Å². The van der Waals surface area contributed by atoms with Crippen molar-refractivity contribution in [3.05, 3.63) is 81.8 Å². The first kappa shape index (κ1) is 18.0. The predicted molar refractivity (Wildman–Crippen MR) is 118 cm³/mol. The third-order valence-corrected chi connectivity index (χ3v) is 6.44. The number of hydrogen-bond acceptors (Lipinski definition) is 4. The zero-order valence-corrected chi connectivity index (χ0v) is 17.1. The fraction of sp³-hybridized carbons (Fsp3) is 0.208. The van der Waals surface area contributed by atoms with E-state index in [2.05, 4.69) is 30.1 Å². The van der Waals surface area contributed by atoms with Gasteiger partial charge in [0.25, 0.3) is 5.56 Å². The van der Waals surface area contributed by atoms with Crippen LogP contribution in [0.2, 0.25) is 0 Å². The summed E-state index contributed by atoms with van der Waals surface area (Å²) in [6.45, 7) is 2.78. The Bertz CT molecular complexity index is 1240. The molecule has 0 saturated carbocycles. The van der Waals surface area contributed by atoms with Gasteiger partial charge in [0.05, 0.1) is 17.0 Å². The lowest BCUT2D eigenvalue weighted by Gasteiger charge is -2.18. The van der Waals surface area contributed by atoms with Crippen molar-refractivity contribution in [2.45, 2.75) is 32.7 Å². The molecule has 4 heterocycles. The minimum absolute atomic E-state index is 0.0355. The highest BCUT2D eigenvalue weighted by molar-refractivity contribution is 7.13. The van der Waals surface area contributed by atoms with Gasteiger partial charge in [0, 0.05) is 35.4 Å². The molecule has 144 valence electrons. The molecule has 1 aliphatic rings. The Hall–Kier alpha value is -3.05. The molecule has 0 unspecified atom stereocenters. The Kier molecular flexibility index (Phi) is 4.60. The van der Waals surface area contributed by atoms with Crippen LogP contribution in [0.3, 0.4) is 0 Å². The van der Waals surface area contributed by atoms with Crippen molar-refractivity contribution in [1.82, 2.24) is 14.5 Å². The van der Waals surface area contributed by atoms with Crippen molar-refractivity contribution in [2.24, 2.45) is 0 Å². The van der Waals surface area contributed by atoms with Crippen LogP contribution in [0.15, 0.2) is 65.0 Å². The molecule has 0 bridgehead atoms. The number of fused-ring (bicyclic) bond motifs is 3. The molecule has 0 aliphatic carbocycles. The van der Waals surface area contributed by atoms with Crippen LogP contribution in [-0.2, 0) is 19.4 Å². The summed E-state index contributed by atoms with van der Waals surface area (Å²) in [7, 11) is 0. The largest absolute Gasteiger partial charge is 0.307 e. The maximum absolute atomic E-state index is 13.6. The van der Waals surface area contributed by atoms with Gasteiger partial charge in [0.2, 0.25) is 0 Å². The average Bonchev–Trinajstić information content (AvgIpc) is 3.16. The molecule has 5 heteroatoms. The van der Waals surface area contributed by atoms with Crippen LogP contribution >= 0.6 is 11.3 Å². The van der Waals surface area contributed by atoms with Crippen LogP contribution in [0.1, 0.15) is 24.6 Å². The third-order valence-electron chi connectivity index (χ3n) is 5.51. The summed E-state index contributed by atoms with van der Waals surface area (Å²) >= 11 is 1.55. The van der Waals surface area contributed by atoms with Crippen LogP contribution in [0, 0.1) is 0 Å². The molecule has 0 fully saturated rings. The summed E-state index contributed by atoms with van der Waals surface area (Å²) in [5, 5.41) is 2.85. The highest BCUT2D eigenvalue weighted by Crippen LogP contribution is 2.37. The molecular formula is C24H21N3OS. The molecule has 0 spiro atoms. The molecule has 0 N–H and O–H groups in total. The highest BCUT2D eigenvalue weighted by atomic mass is 32.1. The Morgan fingerprint density at radius 1 is 1.10 bits per heavy atom. The van der Waals surface area contributed by atoms with E-state index in [1.54, 1.807) is 11.3 Å². The maximum Gasteiger partial charge on any atom is 0.261 e. The Morgan fingerprint density at radius 3 is 2.76 bits per heavy atom. The van der Waals surface area contributed by atoms with Crippen LogP contribution in [-0.4, -0.2) is 14.5 Å². The maximum atomic E-state index is 13.6. The quantitative estimate of drug-likeness (QED) is 0.475.